The van der Waals surface area contributed by atoms with Crippen LogP contribution in [0, 0.1) is 5.92 Å². The molecule has 1 atom stereocenters. The fourth-order valence-corrected chi connectivity index (χ4v) is 3.76. The average Bonchev–Trinajstić information content (AvgIpc) is 3.11. The topological polar surface area (TPSA) is 42.4 Å². The number of carbonyl (C=O) groups excluding carboxylic acids is 1. The van der Waals surface area contributed by atoms with E-state index >= 15 is 0 Å². The first-order valence-corrected chi connectivity index (χ1v) is 11.1. The van der Waals surface area contributed by atoms with Crippen LogP contribution in [-0.2, 0) is 17.9 Å². The van der Waals surface area contributed by atoms with Crippen molar-refractivity contribution in [3.05, 3.63) is 45.9 Å². The zero-order valence-electron chi connectivity index (χ0n) is 18.1. The molecule has 1 unspecified atom stereocenters. The number of aromatic nitrogens is 1. The number of thiazole rings is 1. The smallest absolute Gasteiger partial charge is 0.223 e. The predicted molar refractivity (Wildman–Crippen MR) is 117 cm³/mol. The number of hydrogen-bond acceptors (Lipinski definition) is 4. The molecule has 0 N–H and O–H groups in total. The molecule has 0 aliphatic heterocycles. The van der Waals surface area contributed by atoms with Gasteiger partial charge in [-0.1, -0.05) is 52.8 Å². The number of nitrogens with zero attached hydrogens (tertiary/aromatic N) is 2. The molecule has 0 fully saturated rings. The lowest BCUT2D eigenvalue weighted by atomic mass is 10.0. The summed E-state index contributed by atoms with van der Waals surface area (Å²) in [5, 5.41) is 2.99. The van der Waals surface area contributed by atoms with Gasteiger partial charge in [-0.05, 0) is 36.8 Å². The number of para-hydroxylation sites is 1. The standard InChI is InChI=1S/C23H34N2O2S/c1-7-18(6)25(23(26)12-16(2)3)13-19-15-28-22(24-19)14-27-21-11-9-8-10-20(21)17(4)5/h8-11,15-18H,7,12-14H2,1-6H3. The van der Waals surface area contributed by atoms with Gasteiger partial charge in [-0.15, -0.1) is 11.3 Å². The summed E-state index contributed by atoms with van der Waals surface area (Å²) in [6.45, 7) is 13.8. The van der Waals surface area contributed by atoms with E-state index in [1.54, 1.807) is 11.3 Å². The monoisotopic (exact) mass is 402 g/mol. The maximum atomic E-state index is 12.7. The molecule has 0 aliphatic rings. The Morgan fingerprint density at radius 2 is 1.89 bits per heavy atom. The summed E-state index contributed by atoms with van der Waals surface area (Å²) in [6, 6.07) is 8.38. The summed E-state index contributed by atoms with van der Waals surface area (Å²) in [5.41, 5.74) is 2.15. The van der Waals surface area contributed by atoms with Crippen molar-refractivity contribution in [2.75, 3.05) is 0 Å². The third-order valence-corrected chi connectivity index (χ3v) is 5.72. The first-order valence-electron chi connectivity index (χ1n) is 10.3. The molecule has 0 saturated heterocycles. The molecule has 0 radical (unpaired) electrons. The first kappa shape index (κ1) is 22.4. The molecule has 0 bridgehead atoms. The minimum atomic E-state index is 0.209. The summed E-state index contributed by atoms with van der Waals surface area (Å²) >= 11 is 1.60. The largest absolute Gasteiger partial charge is 0.486 e. The lowest BCUT2D eigenvalue weighted by molar-refractivity contribution is -0.134. The molecule has 2 aromatic rings. The van der Waals surface area contributed by atoms with Crippen molar-refractivity contribution < 1.29 is 9.53 Å². The van der Waals surface area contributed by atoms with Gasteiger partial charge in [0.25, 0.3) is 0 Å². The van der Waals surface area contributed by atoms with Gasteiger partial charge in [0.2, 0.25) is 5.91 Å². The van der Waals surface area contributed by atoms with Crippen molar-refractivity contribution in [2.45, 2.75) is 79.5 Å². The minimum absolute atomic E-state index is 0.209. The minimum Gasteiger partial charge on any atom is -0.486 e. The van der Waals surface area contributed by atoms with Crippen molar-refractivity contribution in [3.63, 3.8) is 0 Å². The molecular weight excluding hydrogens is 368 g/mol. The van der Waals surface area contributed by atoms with Crippen LogP contribution in [0.5, 0.6) is 5.75 Å². The van der Waals surface area contributed by atoms with Gasteiger partial charge in [0.1, 0.15) is 17.4 Å². The summed E-state index contributed by atoms with van der Waals surface area (Å²) in [4.78, 5) is 19.3. The van der Waals surface area contributed by atoms with Gasteiger partial charge in [0, 0.05) is 17.8 Å². The van der Waals surface area contributed by atoms with E-state index in [2.05, 4.69) is 47.6 Å². The van der Waals surface area contributed by atoms with Crippen molar-refractivity contribution in [1.29, 1.82) is 0 Å². The van der Waals surface area contributed by atoms with Gasteiger partial charge in [0.05, 0.1) is 12.2 Å². The molecule has 1 heterocycles. The van der Waals surface area contributed by atoms with Crippen molar-refractivity contribution in [3.8, 4) is 5.75 Å². The molecule has 4 nitrogen and oxygen atoms in total. The molecule has 0 spiro atoms. The highest BCUT2D eigenvalue weighted by atomic mass is 32.1. The Kier molecular flexibility index (Phi) is 8.49. The molecular formula is C23H34N2O2S. The van der Waals surface area contributed by atoms with Crippen LogP contribution in [0.1, 0.15) is 76.6 Å². The van der Waals surface area contributed by atoms with Gasteiger partial charge in [-0.3, -0.25) is 4.79 Å². The average molecular weight is 403 g/mol. The van der Waals surface area contributed by atoms with E-state index in [0.717, 1.165) is 22.9 Å². The lowest BCUT2D eigenvalue weighted by Crippen LogP contribution is -2.38. The quantitative estimate of drug-likeness (QED) is 0.488. The fraction of sp³-hybridized carbons (Fsp3) is 0.565. The van der Waals surface area contributed by atoms with E-state index < -0.39 is 0 Å². The summed E-state index contributed by atoms with van der Waals surface area (Å²) in [7, 11) is 0. The van der Waals surface area contributed by atoms with E-state index in [9.17, 15) is 4.79 Å². The first-order chi connectivity index (χ1) is 13.3. The zero-order chi connectivity index (χ0) is 20.7. The molecule has 1 amide bonds. The Bertz CT molecular complexity index is 755. The lowest BCUT2D eigenvalue weighted by Gasteiger charge is -2.28. The van der Waals surface area contributed by atoms with Crippen LogP contribution in [0.15, 0.2) is 29.6 Å². The molecule has 0 saturated carbocycles. The predicted octanol–water partition coefficient (Wildman–Crippen LogP) is 6.02. The number of amides is 1. The van der Waals surface area contributed by atoms with Gasteiger partial charge in [-0.2, -0.15) is 0 Å². The number of rotatable bonds is 10. The highest BCUT2D eigenvalue weighted by Gasteiger charge is 2.21. The summed E-state index contributed by atoms with van der Waals surface area (Å²) < 4.78 is 6.04. The Morgan fingerprint density at radius 3 is 2.54 bits per heavy atom. The van der Waals surface area contributed by atoms with Crippen molar-refractivity contribution >= 4 is 17.2 Å². The highest BCUT2D eigenvalue weighted by Crippen LogP contribution is 2.27. The Morgan fingerprint density at radius 1 is 1.18 bits per heavy atom. The molecule has 1 aromatic carbocycles. The number of benzene rings is 1. The molecule has 28 heavy (non-hydrogen) atoms. The number of ether oxygens (including phenoxy) is 1. The van der Waals surface area contributed by atoms with E-state index in [4.69, 9.17) is 9.72 Å². The van der Waals surface area contributed by atoms with Crippen LogP contribution in [0.25, 0.3) is 0 Å². The molecule has 154 valence electrons. The second-order valence-electron chi connectivity index (χ2n) is 8.09. The Balaban J connectivity index is 2.03. The third-order valence-electron chi connectivity index (χ3n) is 4.85. The van der Waals surface area contributed by atoms with Crippen LogP contribution in [0.2, 0.25) is 0 Å². The van der Waals surface area contributed by atoms with E-state index in [1.807, 2.05) is 28.5 Å². The third kappa shape index (κ3) is 6.33. The highest BCUT2D eigenvalue weighted by molar-refractivity contribution is 7.09. The van der Waals surface area contributed by atoms with Crippen LogP contribution in [0.3, 0.4) is 0 Å². The summed E-state index contributed by atoms with van der Waals surface area (Å²) in [5.74, 6) is 1.90. The maximum Gasteiger partial charge on any atom is 0.223 e. The normalized spacial score (nSPS) is 12.4. The van der Waals surface area contributed by atoms with Gasteiger partial charge >= 0.3 is 0 Å². The van der Waals surface area contributed by atoms with Crippen molar-refractivity contribution in [2.24, 2.45) is 5.92 Å². The molecule has 5 heteroatoms. The van der Waals surface area contributed by atoms with E-state index in [-0.39, 0.29) is 11.9 Å². The fourth-order valence-electron chi connectivity index (χ4n) is 3.07. The molecule has 0 aliphatic carbocycles. The summed E-state index contributed by atoms with van der Waals surface area (Å²) in [6.07, 6.45) is 1.52. The SMILES string of the molecule is CCC(C)N(Cc1csc(COc2ccccc2C(C)C)n1)C(=O)CC(C)C. The second kappa shape index (κ2) is 10.6. The zero-order valence-corrected chi connectivity index (χ0v) is 18.9. The van der Waals surface area contributed by atoms with Crippen LogP contribution in [-0.4, -0.2) is 21.8 Å². The van der Waals surface area contributed by atoms with Gasteiger partial charge in [-0.25, -0.2) is 4.98 Å². The van der Waals surface area contributed by atoms with Gasteiger partial charge in [0.15, 0.2) is 0 Å². The number of carbonyl (C=O) groups is 1. The van der Waals surface area contributed by atoms with E-state index in [0.29, 0.717) is 31.4 Å². The molecule has 1 aromatic heterocycles. The van der Waals surface area contributed by atoms with Crippen LogP contribution < -0.4 is 4.74 Å². The maximum absolute atomic E-state index is 12.7. The number of hydrogen-bond donors (Lipinski definition) is 0. The molecule has 2 rings (SSSR count). The van der Waals surface area contributed by atoms with E-state index in [1.165, 1.54) is 5.56 Å². The Hall–Kier alpha value is -1.88. The van der Waals surface area contributed by atoms with Gasteiger partial charge < -0.3 is 9.64 Å². The Labute approximate surface area is 173 Å². The van der Waals surface area contributed by atoms with Crippen molar-refractivity contribution in [1.82, 2.24) is 9.88 Å². The van der Waals surface area contributed by atoms with Crippen LogP contribution >= 0.6 is 11.3 Å². The van der Waals surface area contributed by atoms with Crippen LogP contribution in [0.4, 0.5) is 0 Å². The second-order valence-corrected chi connectivity index (χ2v) is 9.03.